The summed E-state index contributed by atoms with van der Waals surface area (Å²) in [5, 5.41) is 13.4. The molecule has 0 saturated carbocycles. The molecule has 2 N–H and O–H groups in total. The summed E-state index contributed by atoms with van der Waals surface area (Å²) in [5.41, 5.74) is 1.60. The first-order chi connectivity index (χ1) is 15.6. The van der Waals surface area contributed by atoms with Crippen molar-refractivity contribution in [3.8, 4) is 0 Å². The van der Waals surface area contributed by atoms with Gasteiger partial charge in [-0.25, -0.2) is 9.78 Å². The van der Waals surface area contributed by atoms with Crippen molar-refractivity contribution < 1.29 is 27.9 Å². The number of halogens is 3. The van der Waals surface area contributed by atoms with Gasteiger partial charge in [-0.15, -0.1) is 11.3 Å². The second-order valence-corrected chi connectivity index (χ2v) is 8.88. The predicted octanol–water partition coefficient (Wildman–Crippen LogP) is 5.58. The number of nitrogens with zero attached hydrogens (tertiary/aromatic N) is 2. The summed E-state index contributed by atoms with van der Waals surface area (Å²) >= 11 is 1.63. The number of carbonyl (C=O) groups excluding carboxylic acids is 1. The maximum Gasteiger partial charge on any atom is 0.389 e. The van der Waals surface area contributed by atoms with Crippen molar-refractivity contribution in [3.63, 3.8) is 0 Å². The molecule has 1 aromatic carbocycles. The van der Waals surface area contributed by atoms with E-state index < -0.39 is 36.9 Å². The smallest absolute Gasteiger partial charge is 0.389 e. The van der Waals surface area contributed by atoms with Crippen molar-refractivity contribution in [3.05, 3.63) is 52.0 Å². The lowest BCUT2D eigenvalue weighted by Gasteiger charge is -2.19. The standard InChI is InChI=1S/C23H26F3N3O3S/c1-3-15(4-2)29-19-8-7-14(12-18(19)27-20(29)13-16-6-5-11-33-16)21(30)28-17(22(31)32)9-10-23(24,25)26/h5-8,11-12,15,17H,3-4,9-10,13H2,1-2H3,(H,28,30)(H,31,32). The Balaban J connectivity index is 1.90. The van der Waals surface area contributed by atoms with Crippen LogP contribution in [0.2, 0.25) is 0 Å². The number of fused-ring (bicyclic) bond motifs is 1. The van der Waals surface area contributed by atoms with Gasteiger partial charge in [-0.2, -0.15) is 13.2 Å². The minimum absolute atomic E-state index is 0.151. The molecule has 1 unspecified atom stereocenters. The maximum absolute atomic E-state index is 12.6. The van der Waals surface area contributed by atoms with Gasteiger partial charge in [0, 0.05) is 29.3 Å². The number of carboxylic acid groups (broad SMARTS) is 1. The monoisotopic (exact) mass is 481 g/mol. The lowest BCUT2D eigenvalue weighted by atomic mass is 10.1. The molecule has 178 valence electrons. The summed E-state index contributed by atoms with van der Waals surface area (Å²) in [6, 6.07) is 7.48. The van der Waals surface area contributed by atoms with E-state index >= 15 is 0 Å². The van der Waals surface area contributed by atoms with Crippen LogP contribution >= 0.6 is 11.3 Å². The Labute approximate surface area is 193 Å². The highest BCUT2D eigenvalue weighted by atomic mass is 32.1. The van der Waals surface area contributed by atoms with Gasteiger partial charge in [0.05, 0.1) is 11.0 Å². The van der Waals surface area contributed by atoms with Crippen molar-refractivity contribution >= 4 is 34.2 Å². The largest absolute Gasteiger partial charge is 0.480 e. The van der Waals surface area contributed by atoms with Crippen molar-refractivity contribution in [2.24, 2.45) is 0 Å². The van der Waals surface area contributed by atoms with Gasteiger partial charge in [-0.3, -0.25) is 4.79 Å². The molecule has 2 heterocycles. The summed E-state index contributed by atoms with van der Waals surface area (Å²) in [5.74, 6) is -1.39. The Morgan fingerprint density at radius 3 is 2.52 bits per heavy atom. The zero-order valence-electron chi connectivity index (χ0n) is 18.4. The first-order valence-electron chi connectivity index (χ1n) is 10.8. The summed E-state index contributed by atoms with van der Waals surface area (Å²) in [6.07, 6.45) is -4.08. The third-order valence-electron chi connectivity index (χ3n) is 5.56. The summed E-state index contributed by atoms with van der Waals surface area (Å²) < 4.78 is 39.7. The molecule has 0 aliphatic carbocycles. The van der Waals surface area contributed by atoms with Gasteiger partial charge in [0.15, 0.2) is 0 Å². The average Bonchev–Trinajstić information content (AvgIpc) is 3.39. The van der Waals surface area contributed by atoms with E-state index in [1.54, 1.807) is 29.5 Å². The van der Waals surface area contributed by atoms with E-state index in [2.05, 4.69) is 23.7 Å². The van der Waals surface area contributed by atoms with E-state index in [9.17, 15) is 27.9 Å². The second-order valence-electron chi connectivity index (χ2n) is 7.85. The number of imidazole rings is 1. The lowest BCUT2D eigenvalue weighted by Crippen LogP contribution is -2.41. The van der Waals surface area contributed by atoms with E-state index in [-0.39, 0.29) is 11.6 Å². The molecule has 0 spiro atoms. The highest BCUT2D eigenvalue weighted by Crippen LogP contribution is 2.28. The first kappa shape index (κ1) is 24.8. The molecular weight excluding hydrogens is 455 g/mol. The number of carboxylic acids is 1. The topological polar surface area (TPSA) is 84.2 Å². The molecule has 33 heavy (non-hydrogen) atoms. The van der Waals surface area contributed by atoms with Crippen LogP contribution in [0.3, 0.4) is 0 Å². The van der Waals surface area contributed by atoms with E-state index in [0.717, 1.165) is 29.1 Å². The number of rotatable bonds is 10. The molecule has 10 heteroatoms. The van der Waals surface area contributed by atoms with Gasteiger partial charge in [0.25, 0.3) is 5.91 Å². The molecule has 2 aromatic heterocycles. The Bertz CT molecular complexity index is 1110. The van der Waals surface area contributed by atoms with Crippen LogP contribution in [0.15, 0.2) is 35.7 Å². The number of hydrogen-bond acceptors (Lipinski definition) is 4. The number of carbonyl (C=O) groups is 2. The lowest BCUT2D eigenvalue weighted by molar-refractivity contribution is -0.145. The highest BCUT2D eigenvalue weighted by Gasteiger charge is 2.31. The van der Waals surface area contributed by atoms with Crippen LogP contribution in [0.25, 0.3) is 11.0 Å². The van der Waals surface area contributed by atoms with E-state index in [1.165, 1.54) is 0 Å². The van der Waals surface area contributed by atoms with Crippen LogP contribution in [-0.4, -0.2) is 38.8 Å². The summed E-state index contributed by atoms with van der Waals surface area (Å²) in [6.45, 7) is 4.20. The fraction of sp³-hybridized carbons (Fsp3) is 0.435. The number of hydrogen-bond donors (Lipinski definition) is 2. The van der Waals surface area contributed by atoms with Crippen LogP contribution in [-0.2, 0) is 11.2 Å². The van der Waals surface area contributed by atoms with Crippen LogP contribution in [0.1, 0.15) is 66.6 Å². The van der Waals surface area contributed by atoms with Gasteiger partial charge in [-0.05, 0) is 48.9 Å². The Morgan fingerprint density at radius 2 is 1.94 bits per heavy atom. The third kappa shape index (κ3) is 6.13. The number of aromatic nitrogens is 2. The van der Waals surface area contributed by atoms with Crippen LogP contribution in [0, 0.1) is 0 Å². The number of benzene rings is 1. The number of thiophene rings is 1. The number of amides is 1. The fourth-order valence-electron chi connectivity index (χ4n) is 3.85. The number of aliphatic carboxylic acids is 1. The van der Waals surface area contributed by atoms with Crippen molar-refractivity contribution in [2.45, 2.75) is 64.2 Å². The number of nitrogens with one attached hydrogen (secondary N) is 1. The Morgan fingerprint density at radius 1 is 1.21 bits per heavy atom. The Hall–Kier alpha value is -2.88. The molecule has 0 bridgehead atoms. The molecule has 0 fully saturated rings. The molecule has 1 amide bonds. The van der Waals surface area contributed by atoms with Gasteiger partial charge in [-0.1, -0.05) is 19.9 Å². The zero-order valence-corrected chi connectivity index (χ0v) is 19.2. The van der Waals surface area contributed by atoms with E-state index in [4.69, 9.17) is 4.98 Å². The zero-order chi connectivity index (χ0) is 24.2. The number of alkyl halides is 3. The quantitative estimate of drug-likeness (QED) is 0.396. The van der Waals surface area contributed by atoms with Crippen LogP contribution in [0.5, 0.6) is 0 Å². The van der Waals surface area contributed by atoms with Gasteiger partial charge in [0.2, 0.25) is 0 Å². The van der Waals surface area contributed by atoms with Gasteiger partial charge in [0.1, 0.15) is 11.9 Å². The molecule has 0 aliphatic heterocycles. The molecule has 3 aromatic rings. The average molecular weight is 482 g/mol. The van der Waals surface area contributed by atoms with Crippen molar-refractivity contribution in [1.29, 1.82) is 0 Å². The molecule has 6 nitrogen and oxygen atoms in total. The van der Waals surface area contributed by atoms with Gasteiger partial charge < -0.3 is 15.0 Å². The normalized spacial score (nSPS) is 12.9. The van der Waals surface area contributed by atoms with Crippen molar-refractivity contribution in [2.75, 3.05) is 0 Å². The minimum Gasteiger partial charge on any atom is -0.480 e. The second kappa shape index (κ2) is 10.4. The maximum atomic E-state index is 12.6. The fourth-order valence-corrected chi connectivity index (χ4v) is 4.55. The summed E-state index contributed by atoms with van der Waals surface area (Å²) in [4.78, 5) is 29.9. The van der Waals surface area contributed by atoms with Crippen molar-refractivity contribution in [1.82, 2.24) is 14.9 Å². The van der Waals surface area contributed by atoms with E-state index in [0.29, 0.717) is 11.9 Å². The molecule has 1 atom stereocenters. The predicted molar refractivity (Wildman–Crippen MR) is 121 cm³/mol. The van der Waals surface area contributed by atoms with E-state index in [1.807, 2.05) is 17.5 Å². The van der Waals surface area contributed by atoms with Crippen LogP contribution < -0.4 is 5.32 Å². The molecule has 0 saturated heterocycles. The Kier molecular flexibility index (Phi) is 7.78. The van der Waals surface area contributed by atoms with Crippen LogP contribution in [0.4, 0.5) is 13.2 Å². The molecule has 3 rings (SSSR count). The first-order valence-corrected chi connectivity index (χ1v) is 11.6. The SMILES string of the molecule is CCC(CC)n1c(Cc2cccs2)nc2cc(C(=O)NC(CCC(F)(F)F)C(=O)O)ccc21. The highest BCUT2D eigenvalue weighted by molar-refractivity contribution is 7.09. The van der Waals surface area contributed by atoms with Gasteiger partial charge >= 0.3 is 12.1 Å². The molecular formula is C23H26F3N3O3S. The molecule has 0 aliphatic rings. The molecule has 0 radical (unpaired) electrons. The summed E-state index contributed by atoms with van der Waals surface area (Å²) in [7, 11) is 0. The minimum atomic E-state index is -4.50. The third-order valence-corrected chi connectivity index (χ3v) is 6.44.